The molecule has 0 aliphatic carbocycles. The summed E-state index contributed by atoms with van der Waals surface area (Å²) in [7, 11) is 3.86. The van der Waals surface area contributed by atoms with Gasteiger partial charge in [0.15, 0.2) is 0 Å². The highest BCUT2D eigenvalue weighted by Gasteiger charge is 2.33. The van der Waals surface area contributed by atoms with Gasteiger partial charge < -0.3 is 10.2 Å². The maximum Gasteiger partial charge on any atom is 0.131 e. The van der Waals surface area contributed by atoms with Crippen molar-refractivity contribution in [3.63, 3.8) is 0 Å². The third kappa shape index (κ3) is 4.68. The Labute approximate surface area is 194 Å². The number of aromatic nitrogens is 1. The average molecular weight is 475 g/mol. The molecule has 1 atom stereocenters. The van der Waals surface area contributed by atoms with Crippen molar-refractivity contribution in [1.82, 2.24) is 14.9 Å². The molecule has 0 spiro atoms. The summed E-state index contributed by atoms with van der Waals surface area (Å²) < 4.78 is 43.1. The number of likely N-dealkylation sites (N-methyl/N-ethyl adjacent to an activating group) is 1. The standard InChI is InChI=1S/C24H22ClF3N4O/c1-31(2)11-9-29-21-13-17(15-7-6-14(26)12-18(15)25)16-8-10-32(33)24(23(16)30-21)22-19(27)4-3-5-20(22)28/h3-8,10,12-13,24,33H,9,11H2,1-2H3,(H,29,30). The summed E-state index contributed by atoms with van der Waals surface area (Å²) in [5.74, 6) is -1.68. The first-order valence-corrected chi connectivity index (χ1v) is 10.6. The lowest BCUT2D eigenvalue weighted by molar-refractivity contribution is -0.0713. The summed E-state index contributed by atoms with van der Waals surface area (Å²) in [4.78, 5) is 6.59. The molecule has 3 aromatic rings. The Morgan fingerprint density at radius 3 is 2.48 bits per heavy atom. The summed E-state index contributed by atoms with van der Waals surface area (Å²) in [5.41, 5.74) is 1.52. The molecule has 0 amide bonds. The third-order valence-electron chi connectivity index (χ3n) is 5.37. The lowest BCUT2D eigenvalue weighted by Gasteiger charge is -2.31. The minimum atomic E-state index is -1.24. The maximum absolute atomic E-state index is 14.7. The fraction of sp³-hybridized carbons (Fsp3) is 0.208. The Kier molecular flexibility index (Phi) is 6.60. The van der Waals surface area contributed by atoms with Gasteiger partial charge in [0.25, 0.3) is 0 Å². The molecule has 4 rings (SSSR count). The van der Waals surface area contributed by atoms with Crippen molar-refractivity contribution in [3.05, 3.63) is 88.0 Å². The molecule has 1 aliphatic rings. The topological polar surface area (TPSA) is 51.6 Å². The van der Waals surface area contributed by atoms with Gasteiger partial charge in [-0.3, -0.25) is 10.3 Å². The van der Waals surface area contributed by atoms with Gasteiger partial charge in [0, 0.05) is 30.4 Å². The number of fused-ring (bicyclic) bond motifs is 1. The molecule has 2 heterocycles. The van der Waals surface area contributed by atoms with E-state index in [2.05, 4.69) is 10.3 Å². The molecular formula is C24H22ClF3N4O. The van der Waals surface area contributed by atoms with Crippen LogP contribution in [-0.2, 0) is 0 Å². The molecule has 172 valence electrons. The van der Waals surface area contributed by atoms with E-state index in [0.717, 1.165) is 17.2 Å². The maximum atomic E-state index is 14.7. The third-order valence-corrected chi connectivity index (χ3v) is 5.68. The molecule has 1 unspecified atom stereocenters. The minimum Gasteiger partial charge on any atom is -0.369 e. The van der Waals surface area contributed by atoms with Crippen molar-refractivity contribution in [1.29, 1.82) is 0 Å². The van der Waals surface area contributed by atoms with Crippen molar-refractivity contribution in [3.8, 4) is 11.1 Å². The van der Waals surface area contributed by atoms with Crippen molar-refractivity contribution in [2.75, 3.05) is 32.5 Å². The number of hydrogen-bond donors (Lipinski definition) is 2. The quantitative estimate of drug-likeness (QED) is 0.490. The highest BCUT2D eigenvalue weighted by molar-refractivity contribution is 6.33. The van der Waals surface area contributed by atoms with E-state index in [1.165, 1.54) is 30.5 Å². The molecule has 0 saturated heterocycles. The van der Waals surface area contributed by atoms with Gasteiger partial charge >= 0.3 is 0 Å². The number of anilines is 1. The zero-order valence-electron chi connectivity index (χ0n) is 18.0. The molecule has 0 bridgehead atoms. The largest absolute Gasteiger partial charge is 0.369 e. The van der Waals surface area contributed by atoms with E-state index in [1.807, 2.05) is 19.0 Å². The summed E-state index contributed by atoms with van der Waals surface area (Å²) in [6, 6.07) is 8.04. The van der Waals surface area contributed by atoms with Crippen molar-refractivity contribution < 1.29 is 18.4 Å². The number of nitrogens with zero attached hydrogens (tertiary/aromatic N) is 3. The van der Waals surface area contributed by atoms with Gasteiger partial charge in [0.1, 0.15) is 29.3 Å². The van der Waals surface area contributed by atoms with Crippen LogP contribution in [0, 0.1) is 17.5 Å². The van der Waals surface area contributed by atoms with Crippen molar-refractivity contribution in [2.24, 2.45) is 0 Å². The molecule has 1 aliphatic heterocycles. The highest BCUT2D eigenvalue weighted by Crippen LogP contribution is 2.42. The SMILES string of the molecule is CN(C)CCNc1cc(-c2ccc(F)cc2Cl)c2c(n1)C(c1c(F)cccc1F)N(O)C=C2. The van der Waals surface area contributed by atoms with Crippen LogP contribution < -0.4 is 5.32 Å². The number of halogens is 4. The van der Waals surface area contributed by atoms with Gasteiger partial charge in [0.05, 0.1) is 16.3 Å². The number of rotatable bonds is 6. The first kappa shape index (κ1) is 23.1. The van der Waals surface area contributed by atoms with Crippen LogP contribution in [0.3, 0.4) is 0 Å². The number of pyridine rings is 1. The molecule has 9 heteroatoms. The Balaban J connectivity index is 1.92. The number of hydrogen-bond acceptors (Lipinski definition) is 5. The summed E-state index contributed by atoms with van der Waals surface area (Å²) in [5, 5.41) is 14.7. The molecular weight excluding hydrogens is 453 g/mol. The second kappa shape index (κ2) is 9.43. The normalized spacial score (nSPS) is 15.2. The minimum absolute atomic E-state index is 0.177. The molecule has 0 saturated carbocycles. The van der Waals surface area contributed by atoms with Crippen LogP contribution in [0.15, 0.2) is 48.7 Å². The Hall–Kier alpha value is -3.07. The molecule has 0 radical (unpaired) electrons. The van der Waals surface area contributed by atoms with Crippen LogP contribution in [0.2, 0.25) is 5.02 Å². The van der Waals surface area contributed by atoms with Crippen LogP contribution >= 0.6 is 11.6 Å². The predicted octanol–water partition coefficient (Wildman–Crippen LogP) is 5.56. The lowest BCUT2D eigenvalue weighted by atomic mass is 9.90. The van der Waals surface area contributed by atoms with E-state index >= 15 is 0 Å². The molecule has 1 aromatic heterocycles. The Morgan fingerprint density at radius 1 is 1.09 bits per heavy atom. The van der Waals surface area contributed by atoms with Crippen LogP contribution in [0.4, 0.5) is 19.0 Å². The second-order valence-corrected chi connectivity index (χ2v) is 8.35. The number of benzene rings is 2. The first-order chi connectivity index (χ1) is 15.8. The van der Waals surface area contributed by atoms with E-state index in [0.29, 0.717) is 35.6 Å². The fourth-order valence-electron chi connectivity index (χ4n) is 3.79. The molecule has 5 nitrogen and oxygen atoms in total. The molecule has 2 aromatic carbocycles. The van der Waals surface area contributed by atoms with Crippen molar-refractivity contribution >= 4 is 23.5 Å². The van der Waals surface area contributed by atoms with Crippen molar-refractivity contribution in [2.45, 2.75) is 6.04 Å². The van der Waals surface area contributed by atoms with E-state index in [9.17, 15) is 18.4 Å². The van der Waals surface area contributed by atoms with Crippen LogP contribution in [0.5, 0.6) is 0 Å². The monoisotopic (exact) mass is 474 g/mol. The van der Waals surface area contributed by atoms with E-state index in [1.54, 1.807) is 12.1 Å². The lowest BCUT2D eigenvalue weighted by Crippen LogP contribution is -2.28. The van der Waals surface area contributed by atoms with Crippen LogP contribution in [-0.4, -0.2) is 47.3 Å². The van der Waals surface area contributed by atoms with Gasteiger partial charge in [-0.1, -0.05) is 17.7 Å². The van der Waals surface area contributed by atoms with E-state index < -0.39 is 23.5 Å². The molecule has 2 N–H and O–H groups in total. The zero-order chi connectivity index (χ0) is 23.7. The van der Waals surface area contributed by atoms with Crippen LogP contribution in [0.1, 0.15) is 22.9 Å². The average Bonchev–Trinajstić information content (AvgIpc) is 2.74. The van der Waals surface area contributed by atoms with E-state index in [4.69, 9.17) is 11.6 Å². The summed E-state index contributed by atoms with van der Waals surface area (Å²) in [6.45, 7) is 1.26. The summed E-state index contributed by atoms with van der Waals surface area (Å²) >= 11 is 6.35. The zero-order valence-corrected chi connectivity index (χ0v) is 18.7. The highest BCUT2D eigenvalue weighted by atomic mass is 35.5. The predicted molar refractivity (Wildman–Crippen MR) is 123 cm³/mol. The van der Waals surface area contributed by atoms with Crippen LogP contribution in [0.25, 0.3) is 17.2 Å². The second-order valence-electron chi connectivity index (χ2n) is 7.94. The van der Waals surface area contributed by atoms with Gasteiger partial charge in [-0.05, 0) is 62.1 Å². The van der Waals surface area contributed by atoms with Gasteiger partial charge in [-0.2, -0.15) is 0 Å². The molecule has 0 fully saturated rings. The van der Waals surface area contributed by atoms with Gasteiger partial charge in [0.2, 0.25) is 0 Å². The van der Waals surface area contributed by atoms with Gasteiger partial charge in [-0.25, -0.2) is 18.2 Å². The Bertz CT molecular complexity index is 1200. The van der Waals surface area contributed by atoms with Gasteiger partial charge in [-0.15, -0.1) is 0 Å². The summed E-state index contributed by atoms with van der Waals surface area (Å²) in [6.07, 6.45) is 2.89. The molecule has 33 heavy (non-hydrogen) atoms. The van der Waals surface area contributed by atoms with E-state index in [-0.39, 0.29) is 16.3 Å². The smallest absolute Gasteiger partial charge is 0.131 e. The number of hydroxylamine groups is 2. The number of nitrogens with one attached hydrogen (secondary N) is 1. The Morgan fingerprint density at radius 2 is 1.82 bits per heavy atom. The first-order valence-electron chi connectivity index (χ1n) is 10.2. The fourth-order valence-corrected chi connectivity index (χ4v) is 4.06.